The Morgan fingerprint density at radius 1 is 1.53 bits per heavy atom. The van der Waals surface area contributed by atoms with Gasteiger partial charge in [-0.05, 0) is 5.92 Å². The molecular weight excluding hydrogens is 242 g/mol. The summed E-state index contributed by atoms with van der Waals surface area (Å²) in [5.74, 6) is 0.842. The molecule has 0 radical (unpaired) electrons. The maximum Gasteiger partial charge on any atom is 0.239 e. The van der Waals surface area contributed by atoms with Crippen molar-refractivity contribution in [3.05, 3.63) is 11.3 Å². The van der Waals surface area contributed by atoms with Gasteiger partial charge in [-0.25, -0.2) is 9.97 Å². The highest BCUT2D eigenvalue weighted by atomic mass is 35.5. The molecule has 0 spiro atoms. The Morgan fingerprint density at radius 3 is 2.88 bits per heavy atom. The third-order valence-corrected chi connectivity index (χ3v) is 2.31. The molecule has 94 valence electrons. The molecule has 0 saturated carbocycles. The predicted molar refractivity (Wildman–Crippen MR) is 67.8 cm³/mol. The van der Waals surface area contributed by atoms with Crippen molar-refractivity contribution in [2.45, 2.75) is 13.8 Å². The molecule has 0 aliphatic carbocycles. The maximum absolute atomic E-state index is 11.4. The first-order valence-corrected chi connectivity index (χ1v) is 5.65. The van der Waals surface area contributed by atoms with Crippen molar-refractivity contribution < 1.29 is 4.79 Å². The van der Waals surface area contributed by atoms with Gasteiger partial charge in [0.25, 0.3) is 0 Å². The molecule has 0 fully saturated rings. The van der Waals surface area contributed by atoms with Crippen molar-refractivity contribution >= 4 is 29.1 Å². The summed E-state index contributed by atoms with van der Waals surface area (Å²) in [5.41, 5.74) is 5.50. The summed E-state index contributed by atoms with van der Waals surface area (Å²) in [4.78, 5) is 19.0. The van der Waals surface area contributed by atoms with Gasteiger partial charge in [-0.3, -0.25) is 4.79 Å². The summed E-state index contributed by atoms with van der Waals surface area (Å²) < 4.78 is 0. The van der Waals surface area contributed by atoms with Crippen LogP contribution in [-0.4, -0.2) is 29.0 Å². The number of nitrogens with one attached hydrogen (secondary N) is 2. The van der Waals surface area contributed by atoms with Crippen LogP contribution in [-0.2, 0) is 4.79 Å². The highest BCUT2D eigenvalue weighted by Gasteiger charge is 2.08. The number of amides is 1. The Kier molecular flexibility index (Phi) is 4.96. The predicted octanol–water partition coefficient (Wildman–Crippen LogP) is 0.896. The van der Waals surface area contributed by atoms with E-state index in [0.717, 1.165) is 0 Å². The highest BCUT2D eigenvalue weighted by Crippen LogP contribution is 2.22. The Morgan fingerprint density at radius 2 is 2.24 bits per heavy atom. The van der Waals surface area contributed by atoms with Crippen LogP contribution in [0.3, 0.4) is 0 Å². The van der Waals surface area contributed by atoms with Crippen molar-refractivity contribution in [3.63, 3.8) is 0 Å². The minimum absolute atomic E-state index is 0.100. The number of halogens is 1. The van der Waals surface area contributed by atoms with Crippen molar-refractivity contribution in [1.29, 1.82) is 0 Å². The van der Waals surface area contributed by atoms with Crippen LogP contribution in [0.4, 0.5) is 11.6 Å². The molecule has 7 heteroatoms. The summed E-state index contributed by atoms with van der Waals surface area (Å²) in [6.45, 7) is 4.79. The average Bonchev–Trinajstić information content (AvgIpc) is 2.28. The van der Waals surface area contributed by atoms with Gasteiger partial charge in [-0.2, -0.15) is 0 Å². The number of hydrogen-bond acceptors (Lipinski definition) is 5. The van der Waals surface area contributed by atoms with Crippen LogP contribution in [0.2, 0.25) is 5.02 Å². The molecule has 0 atom stereocenters. The fourth-order valence-electron chi connectivity index (χ4n) is 1.05. The number of anilines is 2. The van der Waals surface area contributed by atoms with E-state index in [1.165, 1.54) is 6.33 Å². The topological polar surface area (TPSA) is 92.9 Å². The Hall–Kier alpha value is -1.56. The first-order valence-electron chi connectivity index (χ1n) is 5.27. The molecule has 0 saturated heterocycles. The number of rotatable bonds is 5. The Labute approximate surface area is 105 Å². The number of carbonyl (C=O) groups excluding carboxylic acids is 1. The molecule has 0 aliphatic rings. The number of nitrogen functional groups attached to an aromatic ring is 1. The largest absolute Gasteiger partial charge is 0.382 e. The first kappa shape index (κ1) is 13.5. The molecule has 1 heterocycles. The summed E-state index contributed by atoms with van der Waals surface area (Å²) in [6, 6.07) is 0. The van der Waals surface area contributed by atoms with Crippen LogP contribution in [0.1, 0.15) is 13.8 Å². The lowest BCUT2D eigenvalue weighted by atomic mass is 10.2. The van der Waals surface area contributed by atoms with Crippen molar-refractivity contribution in [3.8, 4) is 0 Å². The van der Waals surface area contributed by atoms with Gasteiger partial charge in [0.15, 0.2) is 5.82 Å². The van der Waals surface area contributed by atoms with Crippen LogP contribution >= 0.6 is 11.6 Å². The van der Waals surface area contributed by atoms with E-state index in [1.54, 1.807) is 0 Å². The molecule has 1 rings (SSSR count). The van der Waals surface area contributed by atoms with E-state index in [0.29, 0.717) is 18.3 Å². The minimum Gasteiger partial charge on any atom is -0.382 e. The summed E-state index contributed by atoms with van der Waals surface area (Å²) in [7, 11) is 0. The van der Waals surface area contributed by atoms with E-state index in [9.17, 15) is 4.79 Å². The van der Waals surface area contributed by atoms with Gasteiger partial charge >= 0.3 is 0 Å². The molecule has 0 unspecified atom stereocenters. The monoisotopic (exact) mass is 257 g/mol. The quantitative estimate of drug-likeness (QED) is 0.729. The zero-order chi connectivity index (χ0) is 12.8. The Bertz CT molecular complexity index is 396. The van der Waals surface area contributed by atoms with Crippen molar-refractivity contribution in [2.24, 2.45) is 5.92 Å². The van der Waals surface area contributed by atoms with Gasteiger partial charge < -0.3 is 16.4 Å². The number of hydrogen-bond donors (Lipinski definition) is 3. The number of carbonyl (C=O) groups is 1. The summed E-state index contributed by atoms with van der Waals surface area (Å²) >= 11 is 5.86. The van der Waals surface area contributed by atoms with Crippen molar-refractivity contribution in [2.75, 3.05) is 24.1 Å². The molecule has 1 aromatic heterocycles. The number of aromatic nitrogens is 2. The number of nitrogens with zero attached hydrogens (tertiary/aromatic N) is 2. The molecule has 1 aromatic rings. The van der Waals surface area contributed by atoms with Crippen LogP contribution in [0.25, 0.3) is 0 Å². The second-order valence-electron chi connectivity index (χ2n) is 3.97. The molecule has 0 aliphatic heterocycles. The van der Waals surface area contributed by atoms with Crippen LogP contribution in [0.15, 0.2) is 6.33 Å². The van der Waals surface area contributed by atoms with Crippen molar-refractivity contribution in [1.82, 2.24) is 15.3 Å². The van der Waals surface area contributed by atoms with Gasteiger partial charge in [-0.15, -0.1) is 0 Å². The zero-order valence-corrected chi connectivity index (χ0v) is 10.6. The van der Waals surface area contributed by atoms with Crippen LogP contribution in [0, 0.1) is 5.92 Å². The maximum atomic E-state index is 11.4. The Balaban J connectivity index is 2.45. The standard InChI is InChI=1S/C10H16ClN5O/c1-6(2)3-13-7(17)4-14-10-8(11)9(12)15-5-16-10/h5-6H,3-4H2,1-2H3,(H,13,17)(H3,12,14,15,16). The zero-order valence-electron chi connectivity index (χ0n) is 9.83. The SMILES string of the molecule is CC(C)CNC(=O)CNc1ncnc(N)c1Cl. The molecule has 4 N–H and O–H groups in total. The number of nitrogens with two attached hydrogens (primary N) is 1. The van der Waals surface area contributed by atoms with Gasteiger partial charge in [0.1, 0.15) is 17.2 Å². The third kappa shape index (κ3) is 4.44. The summed E-state index contributed by atoms with van der Waals surface area (Å²) in [5, 5.41) is 5.80. The van der Waals surface area contributed by atoms with E-state index in [2.05, 4.69) is 20.6 Å². The normalized spacial score (nSPS) is 10.4. The lowest BCUT2D eigenvalue weighted by Crippen LogP contribution is -2.32. The third-order valence-electron chi connectivity index (χ3n) is 1.94. The smallest absolute Gasteiger partial charge is 0.239 e. The van der Waals surface area contributed by atoms with E-state index in [4.69, 9.17) is 17.3 Å². The van der Waals surface area contributed by atoms with E-state index < -0.39 is 0 Å². The lowest BCUT2D eigenvalue weighted by molar-refractivity contribution is -0.119. The van der Waals surface area contributed by atoms with Crippen LogP contribution < -0.4 is 16.4 Å². The van der Waals surface area contributed by atoms with Crippen LogP contribution in [0.5, 0.6) is 0 Å². The fraction of sp³-hybridized carbons (Fsp3) is 0.500. The fourth-order valence-corrected chi connectivity index (χ4v) is 1.22. The second kappa shape index (κ2) is 6.24. The van der Waals surface area contributed by atoms with Gasteiger partial charge in [0, 0.05) is 6.54 Å². The second-order valence-corrected chi connectivity index (χ2v) is 4.35. The average molecular weight is 258 g/mol. The van der Waals surface area contributed by atoms with E-state index in [1.807, 2.05) is 13.8 Å². The molecule has 6 nitrogen and oxygen atoms in total. The summed E-state index contributed by atoms with van der Waals surface area (Å²) in [6.07, 6.45) is 1.29. The minimum atomic E-state index is -0.119. The molecule has 0 bridgehead atoms. The molecule has 1 amide bonds. The lowest BCUT2D eigenvalue weighted by Gasteiger charge is -2.10. The highest BCUT2D eigenvalue weighted by molar-refractivity contribution is 6.35. The molecule has 17 heavy (non-hydrogen) atoms. The van der Waals surface area contributed by atoms with E-state index >= 15 is 0 Å². The molecule has 0 aromatic carbocycles. The van der Waals surface area contributed by atoms with Gasteiger partial charge in [0.05, 0.1) is 6.54 Å². The van der Waals surface area contributed by atoms with Gasteiger partial charge in [0.2, 0.25) is 5.91 Å². The first-order chi connectivity index (χ1) is 8.00. The molecular formula is C10H16ClN5O. The van der Waals surface area contributed by atoms with Gasteiger partial charge in [-0.1, -0.05) is 25.4 Å². The van der Waals surface area contributed by atoms with E-state index in [-0.39, 0.29) is 23.3 Å².